The number of allylic oxidation sites excluding steroid dienone is 1. The number of aliphatic imine (C=N–C) groups is 1. The molecule has 61 heavy (non-hydrogen) atoms. The zero-order valence-electron chi connectivity index (χ0n) is 35.7. The second kappa shape index (κ2) is 17.0. The molecule has 1 aliphatic carbocycles. The molecule has 8 rings (SSSR count). The van der Waals surface area contributed by atoms with Gasteiger partial charge in [0.05, 0.1) is 37.6 Å². The monoisotopic (exact) mass is 840 g/mol. The van der Waals surface area contributed by atoms with Crippen LogP contribution in [-0.4, -0.2) is 89.4 Å². The van der Waals surface area contributed by atoms with Gasteiger partial charge in [0.25, 0.3) is 5.79 Å². The number of benzene rings is 2. The minimum Gasteiger partial charge on any atom is -0.495 e. The molecule has 3 aliphatic heterocycles. The van der Waals surface area contributed by atoms with Gasteiger partial charge in [-0.2, -0.15) is 4.99 Å². The number of amides is 2. The van der Waals surface area contributed by atoms with E-state index in [2.05, 4.69) is 20.3 Å². The molecule has 3 N–H and O–H groups in total. The SMILES string of the molecule is COC1=CC2=C(Oc3ccc4[nH]c(C)cc4c3F)N=C(Oc3ccc4[nH]c(C)cc4c3F)NC2=CC1(OCC1CCN(C(=O)C(C)C)CC1)OC[C@H]1CCCN1C(=O)C(C)C. The molecule has 2 atom stereocenters. The van der Waals surface area contributed by atoms with E-state index < -0.39 is 17.4 Å². The minimum atomic E-state index is -1.63. The normalized spacial score (nSPS) is 20.9. The quantitative estimate of drug-likeness (QED) is 0.122. The number of carbonyl (C=O) groups excluding carboxylic acids is 2. The number of aromatic nitrogens is 2. The number of piperidine rings is 1. The zero-order valence-corrected chi connectivity index (χ0v) is 35.7. The summed E-state index contributed by atoms with van der Waals surface area (Å²) in [6, 6.07) is 9.47. The molecule has 2 saturated heterocycles. The molecule has 2 aromatic heterocycles. The van der Waals surface area contributed by atoms with E-state index in [0.29, 0.717) is 52.7 Å². The lowest BCUT2D eigenvalue weighted by Gasteiger charge is -2.40. The first-order chi connectivity index (χ1) is 29.2. The van der Waals surface area contributed by atoms with E-state index in [1.807, 2.05) is 51.3 Å². The Labute approximate surface area is 353 Å². The number of halogens is 2. The number of ether oxygens (including phenoxy) is 5. The predicted octanol–water partition coefficient (Wildman–Crippen LogP) is 7.87. The van der Waals surface area contributed by atoms with Gasteiger partial charge >= 0.3 is 6.02 Å². The van der Waals surface area contributed by atoms with Crippen molar-refractivity contribution in [2.75, 3.05) is 40.0 Å². The lowest BCUT2D eigenvalue weighted by atomic mass is 9.95. The Morgan fingerprint density at radius 2 is 1.44 bits per heavy atom. The van der Waals surface area contributed by atoms with Crippen molar-refractivity contribution >= 4 is 39.6 Å². The van der Waals surface area contributed by atoms with Crippen LogP contribution in [0.3, 0.4) is 0 Å². The number of likely N-dealkylation sites (tertiary alicyclic amines) is 2. The van der Waals surface area contributed by atoms with Crippen LogP contribution < -0.4 is 14.8 Å². The average molecular weight is 841 g/mol. The highest BCUT2D eigenvalue weighted by Crippen LogP contribution is 2.40. The third-order valence-corrected chi connectivity index (χ3v) is 11.8. The summed E-state index contributed by atoms with van der Waals surface area (Å²) >= 11 is 0. The molecule has 0 radical (unpaired) electrons. The van der Waals surface area contributed by atoms with Gasteiger partial charge in [0.15, 0.2) is 28.9 Å². The molecule has 0 spiro atoms. The zero-order chi connectivity index (χ0) is 43.2. The standard InChI is InChI=1S/C46H54F2N6O7/c1-25(2)43(55)53-17-14-29(15-18-53)23-58-46(59-24-30-9-8-16-54(30)44(56)26(3)4)22-36-33(21-39(46)57-7)42(60-37-12-10-34-31(40(37)47)19-27(5)49-34)52-45(51-36)61-38-13-11-35-32(41(38)48)20-28(6)50-35/h10-13,19-22,25-26,29-30,49-50H,8-9,14-18,23-24H2,1-7H3,(H,51,52)/t30-,46?/m1/s1. The Kier molecular flexibility index (Phi) is 11.7. The van der Waals surface area contributed by atoms with E-state index in [9.17, 15) is 9.59 Å². The van der Waals surface area contributed by atoms with Crippen molar-refractivity contribution in [1.82, 2.24) is 25.1 Å². The number of amidine groups is 1. The number of rotatable bonds is 12. The van der Waals surface area contributed by atoms with Gasteiger partial charge in [-0.05, 0) is 87.9 Å². The number of H-pyrrole nitrogens is 2. The summed E-state index contributed by atoms with van der Waals surface area (Å²) in [4.78, 5) is 40.7. The molecule has 4 aliphatic rings. The van der Waals surface area contributed by atoms with E-state index in [-0.39, 0.29) is 78.0 Å². The lowest BCUT2D eigenvalue weighted by molar-refractivity contribution is -0.213. The number of nitrogens with zero attached hydrogens (tertiary/aromatic N) is 3. The maximum Gasteiger partial charge on any atom is 0.303 e. The first-order valence-corrected chi connectivity index (χ1v) is 21.1. The fourth-order valence-corrected chi connectivity index (χ4v) is 8.54. The summed E-state index contributed by atoms with van der Waals surface area (Å²) in [5, 5.41) is 3.88. The number of hydrogen-bond acceptors (Lipinski definition) is 9. The van der Waals surface area contributed by atoms with E-state index in [4.69, 9.17) is 23.7 Å². The number of aryl methyl sites for hydroxylation is 2. The molecular weight excluding hydrogens is 787 g/mol. The van der Waals surface area contributed by atoms with Crippen molar-refractivity contribution in [3.05, 3.63) is 94.5 Å². The van der Waals surface area contributed by atoms with Crippen molar-refractivity contribution in [1.29, 1.82) is 0 Å². The summed E-state index contributed by atoms with van der Waals surface area (Å²) < 4.78 is 64.2. The second-order valence-electron chi connectivity index (χ2n) is 17.0. The Balaban J connectivity index is 1.17. The minimum absolute atomic E-state index is 0.0488. The van der Waals surface area contributed by atoms with Gasteiger partial charge in [-0.1, -0.05) is 27.7 Å². The van der Waals surface area contributed by atoms with Crippen molar-refractivity contribution in [3.8, 4) is 11.5 Å². The number of carbonyl (C=O) groups is 2. The maximum absolute atomic E-state index is 16.1. The highest BCUT2D eigenvalue weighted by molar-refractivity contribution is 5.87. The molecule has 15 heteroatoms. The topological polar surface area (TPSA) is 143 Å². The van der Waals surface area contributed by atoms with Crippen LogP contribution in [0.2, 0.25) is 0 Å². The van der Waals surface area contributed by atoms with Crippen molar-refractivity contribution < 1.29 is 42.1 Å². The highest BCUT2D eigenvalue weighted by Gasteiger charge is 2.45. The van der Waals surface area contributed by atoms with Crippen molar-refractivity contribution in [2.45, 2.75) is 79.1 Å². The molecular formula is C46H54F2N6O7. The second-order valence-corrected chi connectivity index (χ2v) is 17.0. The van der Waals surface area contributed by atoms with Gasteiger partial charge in [-0.3, -0.25) is 9.59 Å². The first kappa shape index (κ1) is 42.0. The lowest BCUT2D eigenvalue weighted by Crippen LogP contribution is -2.48. The molecule has 1 unspecified atom stereocenters. The summed E-state index contributed by atoms with van der Waals surface area (Å²) in [6.45, 7) is 13.5. The van der Waals surface area contributed by atoms with Crippen LogP contribution in [0.5, 0.6) is 11.5 Å². The Bertz CT molecular complexity index is 2480. The first-order valence-electron chi connectivity index (χ1n) is 21.1. The van der Waals surface area contributed by atoms with Crippen molar-refractivity contribution in [3.63, 3.8) is 0 Å². The van der Waals surface area contributed by atoms with Crippen LogP contribution in [0.15, 0.2) is 76.5 Å². The van der Waals surface area contributed by atoms with Crippen LogP contribution in [-0.2, 0) is 23.8 Å². The molecule has 0 saturated carbocycles. The van der Waals surface area contributed by atoms with Crippen molar-refractivity contribution in [2.24, 2.45) is 22.7 Å². The van der Waals surface area contributed by atoms with Crippen LogP contribution in [0.25, 0.3) is 21.8 Å². The molecule has 0 bridgehead atoms. The molecule has 13 nitrogen and oxygen atoms in total. The van der Waals surface area contributed by atoms with Gasteiger partial charge in [0, 0.05) is 70.7 Å². The van der Waals surface area contributed by atoms with E-state index >= 15 is 8.78 Å². The number of nitrogens with one attached hydrogen (secondary N) is 3. The van der Waals surface area contributed by atoms with Gasteiger partial charge in [-0.15, -0.1) is 0 Å². The molecule has 4 aromatic rings. The number of methoxy groups -OCH3 is 1. The summed E-state index contributed by atoms with van der Waals surface area (Å²) in [5.74, 6) is -2.80. The summed E-state index contributed by atoms with van der Waals surface area (Å²) in [6.07, 6.45) is 6.42. The van der Waals surface area contributed by atoms with Crippen LogP contribution in [0.4, 0.5) is 8.78 Å². The Hall–Kier alpha value is -5.67. The molecule has 5 heterocycles. The predicted molar refractivity (Wildman–Crippen MR) is 226 cm³/mol. The molecule has 2 amide bonds. The van der Waals surface area contributed by atoms with Gasteiger partial charge in [0.2, 0.25) is 17.7 Å². The van der Waals surface area contributed by atoms with E-state index in [1.54, 1.807) is 36.4 Å². The van der Waals surface area contributed by atoms with Crippen LogP contribution >= 0.6 is 0 Å². The Morgan fingerprint density at radius 1 is 0.836 bits per heavy atom. The number of fused-ring (bicyclic) bond motifs is 3. The molecule has 2 fully saturated rings. The number of hydrogen-bond donors (Lipinski definition) is 3. The third-order valence-electron chi connectivity index (χ3n) is 11.8. The average Bonchev–Trinajstić information content (AvgIpc) is 3.98. The van der Waals surface area contributed by atoms with Gasteiger partial charge in [-0.25, -0.2) is 8.78 Å². The largest absolute Gasteiger partial charge is 0.495 e. The Morgan fingerprint density at radius 3 is 2.05 bits per heavy atom. The highest BCUT2D eigenvalue weighted by atomic mass is 19.1. The number of aromatic amines is 2. The third kappa shape index (κ3) is 8.37. The summed E-state index contributed by atoms with van der Waals surface area (Å²) in [7, 11) is 1.50. The van der Waals surface area contributed by atoms with Crippen LogP contribution in [0, 0.1) is 43.2 Å². The van der Waals surface area contributed by atoms with E-state index in [1.165, 1.54) is 19.2 Å². The van der Waals surface area contributed by atoms with Crippen LogP contribution in [0.1, 0.15) is 64.8 Å². The smallest absolute Gasteiger partial charge is 0.303 e. The maximum atomic E-state index is 16.1. The van der Waals surface area contributed by atoms with E-state index in [0.717, 1.165) is 37.1 Å². The fraction of sp³-hybridized carbons (Fsp3) is 0.457. The van der Waals surface area contributed by atoms with Gasteiger partial charge < -0.3 is 48.8 Å². The van der Waals surface area contributed by atoms with Gasteiger partial charge in [0.1, 0.15) is 0 Å². The molecule has 324 valence electrons. The molecule has 2 aromatic carbocycles. The summed E-state index contributed by atoms with van der Waals surface area (Å²) in [5.41, 5.74) is 3.51. The fourth-order valence-electron chi connectivity index (χ4n) is 8.54.